The highest BCUT2D eigenvalue weighted by molar-refractivity contribution is 5.91. The summed E-state index contributed by atoms with van der Waals surface area (Å²) < 4.78 is 0. The van der Waals surface area contributed by atoms with Crippen molar-refractivity contribution in [3.8, 4) is 0 Å². The number of carbonyl (C=O) groups is 1. The van der Waals surface area contributed by atoms with E-state index in [0.29, 0.717) is 5.57 Å². The van der Waals surface area contributed by atoms with Crippen LogP contribution in [0.5, 0.6) is 0 Å². The van der Waals surface area contributed by atoms with Gasteiger partial charge in [0.2, 0.25) is 5.91 Å². The Hall–Kier alpha value is -0.790. The minimum Gasteiger partial charge on any atom is -0.366 e. The standard InChI is InChI=1S/C12H23NO/c1-9(10(13)14)7-12(5,6)8-11(2,3)4/h7H,8H2,1-6H3,(H2,13,14)/b9-7+. The summed E-state index contributed by atoms with van der Waals surface area (Å²) in [5.41, 5.74) is 6.14. The monoisotopic (exact) mass is 197 g/mol. The van der Waals surface area contributed by atoms with Crippen molar-refractivity contribution in [2.24, 2.45) is 16.6 Å². The Kier molecular flexibility index (Phi) is 3.92. The van der Waals surface area contributed by atoms with Gasteiger partial charge in [-0.1, -0.05) is 40.7 Å². The number of amides is 1. The van der Waals surface area contributed by atoms with Crippen molar-refractivity contribution in [3.63, 3.8) is 0 Å². The van der Waals surface area contributed by atoms with Crippen LogP contribution in [0.25, 0.3) is 0 Å². The van der Waals surface area contributed by atoms with E-state index < -0.39 is 0 Å². The van der Waals surface area contributed by atoms with E-state index in [1.807, 2.05) is 6.08 Å². The molecule has 0 aliphatic heterocycles. The van der Waals surface area contributed by atoms with Crippen molar-refractivity contribution in [3.05, 3.63) is 11.6 Å². The molecule has 0 saturated carbocycles. The maximum absolute atomic E-state index is 10.9. The predicted octanol–water partition coefficient (Wildman–Crippen LogP) is 2.88. The lowest BCUT2D eigenvalue weighted by Gasteiger charge is -2.30. The summed E-state index contributed by atoms with van der Waals surface area (Å²) in [5, 5.41) is 0. The number of rotatable bonds is 3. The van der Waals surface area contributed by atoms with Crippen LogP contribution in [0.3, 0.4) is 0 Å². The van der Waals surface area contributed by atoms with E-state index in [1.54, 1.807) is 6.92 Å². The van der Waals surface area contributed by atoms with Crippen molar-refractivity contribution in [1.29, 1.82) is 0 Å². The van der Waals surface area contributed by atoms with E-state index in [9.17, 15) is 4.79 Å². The second-order valence-corrected chi connectivity index (χ2v) is 5.92. The molecule has 2 N–H and O–H groups in total. The van der Waals surface area contributed by atoms with Crippen LogP contribution < -0.4 is 5.73 Å². The maximum atomic E-state index is 10.9. The molecule has 0 aliphatic carbocycles. The Bertz CT molecular complexity index is 244. The highest BCUT2D eigenvalue weighted by Gasteiger charge is 2.23. The molecule has 0 aromatic rings. The Morgan fingerprint density at radius 3 is 1.93 bits per heavy atom. The quantitative estimate of drug-likeness (QED) is 0.695. The highest BCUT2D eigenvalue weighted by Crippen LogP contribution is 2.34. The average Bonchev–Trinajstić information content (AvgIpc) is 1.78. The van der Waals surface area contributed by atoms with Gasteiger partial charge in [-0.25, -0.2) is 0 Å². The highest BCUT2D eigenvalue weighted by atomic mass is 16.1. The fraction of sp³-hybridized carbons (Fsp3) is 0.750. The zero-order valence-electron chi connectivity index (χ0n) is 10.3. The van der Waals surface area contributed by atoms with Gasteiger partial charge in [-0.15, -0.1) is 0 Å². The summed E-state index contributed by atoms with van der Waals surface area (Å²) in [5.74, 6) is -0.327. The first-order valence-electron chi connectivity index (χ1n) is 5.03. The van der Waals surface area contributed by atoms with Gasteiger partial charge in [-0.05, 0) is 24.2 Å². The third-order valence-electron chi connectivity index (χ3n) is 1.98. The Morgan fingerprint density at radius 1 is 1.21 bits per heavy atom. The van der Waals surface area contributed by atoms with Crippen molar-refractivity contribution < 1.29 is 4.79 Å². The first-order chi connectivity index (χ1) is 6.03. The summed E-state index contributed by atoms with van der Waals surface area (Å²) in [6.07, 6.45) is 3.01. The summed E-state index contributed by atoms with van der Waals surface area (Å²) in [4.78, 5) is 10.9. The molecule has 0 bridgehead atoms. The molecule has 14 heavy (non-hydrogen) atoms. The summed E-state index contributed by atoms with van der Waals surface area (Å²) in [6.45, 7) is 12.6. The molecular formula is C12H23NO. The van der Waals surface area contributed by atoms with Crippen LogP contribution in [0.1, 0.15) is 48.0 Å². The van der Waals surface area contributed by atoms with Gasteiger partial charge >= 0.3 is 0 Å². The second-order valence-electron chi connectivity index (χ2n) is 5.92. The molecule has 0 radical (unpaired) electrons. The van der Waals surface area contributed by atoms with Gasteiger partial charge < -0.3 is 5.73 Å². The molecular weight excluding hydrogens is 174 g/mol. The Labute approximate surface area is 87.6 Å². The third-order valence-corrected chi connectivity index (χ3v) is 1.98. The van der Waals surface area contributed by atoms with Crippen molar-refractivity contribution in [2.45, 2.75) is 48.0 Å². The van der Waals surface area contributed by atoms with Gasteiger partial charge in [-0.2, -0.15) is 0 Å². The molecule has 0 atom stereocenters. The maximum Gasteiger partial charge on any atom is 0.244 e. The number of hydrogen-bond acceptors (Lipinski definition) is 1. The molecule has 0 rings (SSSR count). The minimum absolute atomic E-state index is 0.0252. The van der Waals surface area contributed by atoms with E-state index in [1.165, 1.54) is 0 Å². The SMILES string of the molecule is C/C(=C\C(C)(C)CC(C)(C)C)C(N)=O. The molecule has 0 unspecified atom stereocenters. The van der Waals surface area contributed by atoms with Gasteiger partial charge in [0.25, 0.3) is 0 Å². The molecule has 0 fully saturated rings. The van der Waals surface area contributed by atoms with Crippen molar-refractivity contribution in [1.82, 2.24) is 0 Å². The third kappa shape index (κ3) is 5.79. The van der Waals surface area contributed by atoms with Gasteiger partial charge in [0.05, 0.1) is 0 Å². The van der Waals surface area contributed by atoms with Gasteiger partial charge in [0.15, 0.2) is 0 Å². The molecule has 0 aliphatic rings. The number of allylic oxidation sites excluding steroid dienone is 1. The molecule has 82 valence electrons. The average molecular weight is 197 g/mol. The number of primary amides is 1. The van der Waals surface area contributed by atoms with E-state index >= 15 is 0 Å². The Balaban J connectivity index is 4.64. The predicted molar refractivity (Wildman–Crippen MR) is 60.8 cm³/mol. The van der Waals surface area contributed by atoms with E-state index in [2.05, 4.69) is 34.6 Å². The van der Waals surface area contributed by atoms with Crippen LogP contribution in [-0.2, 0) is 4.79 Å². The molecule has 0 saturated heterocycles. The molecule has 0 aromatic carbocycles. The lowest BCUT2D eigenvalue weighted by molar-refractivity contribution is -0.114. The topological polar surface area (TPSA) is 43.1 Å². The molecule has 1 amide bonds. The summed E-state index contributed by atoms with van der Waals surface area (Å²) in [6, 6.07) is 0. The second kappa shape index (κ2) is 4.16. The van der Waals surface area contributed by atoms with Crippen LogP contribution in [0.4, 0.5) is 0 Å². The van der Waals surface area contributed by atoms with Crippen molar-refractivity contribution >= 4 is 5.91 Å². The van der Waals surface area contributed by atoms with Crippen LogP contribution in [0.2, 0.25) is 0 Å². The summed E-state index contributed by atoms with van der Waals surface area (Å²) in [7, 11) is 0. The lowest BCUT2D eigenvalue weighted by atomic mass is 9.75. The van der Waals surface area contributed by atoms with E-state index in [-0.39, 0.29) is 16.7 Å². The van der Waals surface area contributed by atoms with Crippen LogP contribution in [0, 0.1) is 10.8 Å². The molecule has 0 aromatic heterocycles. The molecule has 0 heterocycles. The molecule has 0 spiro atoms. The lowest BCUT2D eigenvalue weighted by Crippen LogP contribution is -2.21. The zero-order valence-corrected chi connectivity index (χ0v) is 10.3. The first kappa shape index (κ1) is 13.2. The normalized spacial score (nSPS) is 14.3. The minimum atomic E-state index is -0.327. The first-order valence-corrected chi connectivity index (χ1v) is 5.03. The van der Waals surface area contributed by atoms with Crippen LogP contribution in [-0.4, -0.2) is 5.91 Å². The zero-order chi connectivity index (χ0) is 11.6. The molecule has 2 heteroatoms. The number of carbonyl (C=O) groups excluding carboxylic acids is 1. The van der Waals surface area contributed by atoms with Crippen LogP contribution in [0.15, 0.2) is 11.6 Å². The fourth-order valence-electron chi connectivity index (χ4n) is 2.08. The van der Waals surface area contributed by atoms with E-state index in [0.717, 1.165) is 6.42 Å². The number of hydrogen-bond donors (Lipinski definition) is 1. The van der Waals surface area contributed by atoms with Gasteiger partial charge in [-0.3, -0.25) is 4.79 Å². The largest absolute Gasteiger partial charge is 0.366 e. The van der Waals surface area contributed by atoms with Crippen molar-refractivity contribution in [2.75, 3.05) is 0 Å². The summed E-state index contributed by atoms with van der Waals surface area (Å²) >= 11 is 0. The van der Waals surface area contributed by atoms with Crippen LogP contribution >= 0.6 is 0 Å². The van der Waals surface area contributed by atoms with Gasteiger partial charge in [0.1, 0.15) is 0 Å². The fourth-order valence-corrected chi connectivity index (χ4v) is 2.08. The van der Waals surface area contributed by atoms with Gasteiger partial charge in [0, 0.05) is 5.57 Å². The molecule has 2 nitrogen and oxygen atoms in total. The number of nitrogens with two attached hydrogens (primary N) is 1. The Morgan fingerprint density at radius 2 is 1.64 bits per heavy atom. The van der Waals surface area contributed by atoms with E-state index in [4.69, 9.17) is 5.73 Å². The smallest absolute Gasteiger partial charge is 0.244 e.